The third-order valence-electron chi connectivity index (χ3n) is 3.49. The largest absolute Gasteiger partial charge is 0.489 e. The van der Waals surface area contributed by atoms with Gasteiger partial charge in [-0.2, -0.15) is 0 Å². The fraction of sp³-hybridized carbons (Fsp3) is 0.412. The van der Waals surface area contributed by atoms with Gasteiger partial charge in [0.25, 0.3) is 5.91 Å². The van der Waals surface area contributed by atoms with Crippen molar-refractivity contribution in [1.82, 2.24) is 10.1 Å². The Bertz CT molecular complexity index is 682. The molecule has 0 aliphatic carbocycles. The molecular formula is C17H21FN2O3. The lowest BCUT2D eigenvalue weighted by atomic mass is 10.0. The molecule has 0 saturated carbocycles. The van der Waals surface area contributed by atoms with E-state index < -0.39 is 5.82 Å². The van der Waals surface area contributed by atoms with Crippen molar-refractivity contribution in [2.75, 3.05) is 20.2 Å². The number of likely N-dealkylation sites (N-methyl/N-ethyl adjacent to an activating group) is 1. The van der Waals surface area contributed by atoms with E-state index in [1.165, 1.54) is 11.0 Å². The fourth-order valence-electron chi connectivity index (χ4n) is 2.19. The van der Waals surface area contributed by atoms with Gasteiger partial charge in [0.2, 0.25) is 0 Å². The minimum Gasteiger partial charge on any atom is -0.489 e. The zero-order chi connectivity index (χ0) is 17.0. The van der Waals surface area contributed by atoms with Crippen molar-refractivity contribution < 1.29 is 18.4 Å². The third-order valence-corrected chi connectivity index (χ3v) is 3.49. The van der Waals surface area contributed by atoms with Gasteiger partial charge in [0.15, 0.2) is 17.3 Å². The summed E-state index contributed by atoms with van der Waals surface area (Å²) in [5, 5.41) is 3.88. The van der Waals surface area contributed by atoms with Gasteiger partial charge in [-0.25, -0.2) is 4.39 Å². The Morgan fingerprint density at radius 3 is 2.74 bits per heavy atom. The molecular weight excluding hydrogens is 299 g/mol. The number of hydrogen-bond donors (Lipinski definition) is 0. The molecule has 1 aromatic carbocycles. The van der Waals surface area contributed by atoms with E-state index in [9.17, 15) is 9.18 Å². The molecule has 1 heterocycles. The smallest absolute Gasteiger partial charge is 0.259 e. The molecule has 0 unspecified atom stereocenters. The number of benzene rings is 1. The molecule has 0 bridgehead atoms. The van der Waals surface area contributed by atoms with Crippen LogP contribution in [0, 0.1) is 12.7 Å². The van der Waals surface area contributed by atoms with Crippen molar-refractivity contribution >= 4 is 5.91 Å². The van der Waals surface area contributed by atoms with E-state index in [0.717, 1.165) is 0 Å². The summed E-state index contributed by atoms with van der Waals surface area (Å²) in [5.74, 6) is 0.230. The highest BCUT2D eigenvalue weighted by Crippen LogP contribution is 2.23. The summed E-state index contributed by atoms with van der Waals surface area (Å²) in [7, 11) is 1.67. The van der Waals surface area contributed by atoms with E-state index in [4.69, 9.17) is 9.26 Å². The lowest BCUT2D eigenvalue weighted by Gasteiger charge is -2.18. The van der Waals surface area contributed by atoms with Crippen molar-refractivity contribution in [1.29, 1.82) is 0 Å². The molecule has 0 radical (unpaired) electrons. The van der Waals surface area contributed by atoms with E-state index in [1.807, 2.05) is 13.8 Å². The Kier molecular flexibility index (Phi) is 5.36. The van der Waals surface area contributed by atoms with Crippen LogP contribution in [0.15, 0.2) is 28.8 Å². The van der Waals surface area contributed by atoms with E-state index in [-0.39, 0.29) is 24.2 Å². The molecule has 0 fully saturated rings. The number of carbonyl (C=O) groups is 1. The van der Waals surface area contributed by atoms with E-state index >= 15 is 0 Å². The van der Waals surface area contributed by atoms with Crippen molar-refractivity contribution in [3.63, 3.8) is 0 Å². The third kappa shape index (κ3) is 3.88. The molecule has 2 aromatic rings. The quantitative estimate of drug-likeness (QED) is 0.818. The summed E-state index contributed by atoms with van der Waals surface area (Å²) in [6.07, 6.45) is 0. The van der Waals surface area contributed by atoms with Gasteiger partial charge >= 0.3 is 0 Å². The Hall–Kier alpha value is -2.37. The summed E-state index contributed by atoms with van der Waals surface area (Å²) in [4.78, 5) is 14.1. The second-order valence-corrected chi connectivity index (χ2v) is 5.67. The Morgan fingerprint density at radius 1 is 1.39 bits per heavy atom. The van der Waals surface area contributed by atoms with Crippen LogP contribution in [-0.4, -0.2) is 36.2 Å². The normalized spacial score (nSPS) is 10.9. The highest BCUT2D eigenvalue weighted by Gasteiger charge is 2.25. The first kappa shape index (κ1) is 17.0. The maximum Gasteiger partial charge on any atom is 0.259 e. The Labute approximate surface area is 135 Å². The lowest BCUT2D eigenvalue weighted by molar-refractivity contribution is 0.0769. The zero-order valence-electron chi connectivity index (χ0n) is 13.8. The van der Waals surface area contributed by atoms with Gasteiger partial charge in [-0.15, -0.1) is 0 Å². The van der Waals surface area contributed by atoms with Gasteiger partial charge in [-0.3, -0.25) is 4.79 Å². The van der Waals surface area contributed by atoms with Crippen LogP contribution in [0.3, 0.4) is 0 Å². The second kappa shape index (κ2) is 7.26. The predicted octanol–water partition coefficient (Wildman–Crippen LogP) is 3.40. The maximum absolute atomic E-state index is 13.5. The molecule has 23 heavy (non-hydrogen) atoms. The molecule has 0 atom stereocenters. The first-order valence-corrected chi connectivity index (χ1v) is 7.50. The van der Waals surface area contributed by atoms with Gasteiger partial charge in [-0.05, 0) is 19.1 Å². The van der Waals surface area contributed by atoms with Crippen LogP contribution < -0.4 is 4.74 Å². The highest BCUT2D eigenvalue weighted by molar-refractivity contribution is 5.96. The van der Waals surface area contributed by atoms with Crippen LogP contribution in [0.2, 0.25) is 0 Å². The zero-order valence-corrected chi connectivity index (χ0v) is 13.8. The summed E-state index contributed by atoms with van der Waals surface area (Å²) in [5.41, 5.74) is 1.06. The molecule has 0 spiro atoms. The standard InChI is InChI=1S/C17H21FN2O3/c1-11(2)16-15(12(3)19-23-16)17(21)20(4)9-10-22-14-8-6-5-7-13(14)18/h5-8,11H,9-10H2,1-4H3. The minimum atomic E-state index is -0.418. The highest BCUT2D eigenvalue weighted by atomic mass is 19.1. The average Bonchev–Trinajstić information content (AvgIpc) is 2.90. The van der Waals surface area contributed by atoms with Gasteiger partial charge in [0, 0.05) is 13.0 Å². The number of halogens is 1. The number of carbonyl (C=O) groups excluding carboxylic acids is 1. The number of hydrogen-bond acceptors (Lipinski definition) is 4. The molecule has 6 heteroatoms. The number of nitrogens with zero attached hydrogens (tertiary/aromatic N) is 2. The molecule has 1 amide bonds. The van der Waals surface area contributed by atoms with E-state index in [0.29, 0.717) is 23.6 Å². The molecule has 0 N–H and O–H groups in total. The van der Waals surface area contributed by atoms with Crippen LogP contribution >= 0.6 is 0 Å². The predicted molar refractivity (Wildman–Crippen MR) is 84.2 cm³/mol. The number of amides is 1. The van der Waals surface area contributed by atoms with Crippen molar-refractivity contribution in [3.8, 4) is 5.75 Å². The number of aromatic nitrogens is 1. The summed E-state index contributed by atoms with van der Waals surface area (Å²) >= 11 is 0. The van der Waals surface area contributed by atoms with E-state index in [2.05, 4.69) is 5.16 Å². The van der Waals surface area contributed by atoms with Crippen LogP contribution in [0.25, 0.3) is 0 Å². The van der Waals surface area contributed by atoms with Crippen LogP contribution in [0.1, 0.15) is 41.6 Å². The monoisotopic (exact) mass is 320 g/mol. The fourth-order valence-corrected chi connectivity index (χ4v) is 2.19. The number of aryl methyl sites for hydroxylation is 1. The molecule has 0 aliphatic rings. The number of para-hydroxylation sites is 1. The molecule has 1 aromatic heterocycles. The van der Waals surface area contributed by atoms with Gasteiger partial charge in [0.05, 0.1) is 12.2 Å². The Morgan fingerprint density at radius 2 is 2.09 bits per heavy atom. The lowest BCUT2D eigenvalue weighted by Crippen LogP contribution is -2.31. The van der Waals surface area contributed by atoms with Crippen molar-refractivity contribution in [2.24, 2.45) is 0 Å². The average molecular weight is 320 g/mol. The minimum absolute atomic E-state index is 0.0678. The first-order valence-electron chi connectivity index (χ1n) is 7.50. The SMILES string of the molecule is Cc1noc(C(C)C)c1C(=O)N(C)CCOc1ccccc1F. The summed E-state index contributed by atoms with van der Waals surface area (Å²) in [6, 6.07) is 6.18. The summed E-state index contributed by atoms with van der Waals surface area (Å²) < 4.78 is 24.1. The van der Waals surface area contributed by atoms with Gasteiger partial charge < -0.3 is 14.2 Å². The second-order valence-electron chi connectivity index (χ2n) is 5.67. The maximum atomic E-state index is 13.5. The number of ether oxygens (including phenoxy) is 1. The van der Waals surface area contributed by atoms with Crippen LogP contribution in [0.4, 0.5) is 4.39 Å². The molecule has 0 aliphatic heterocycles. The summed E-state index contributed by atoms with van der Waals surface area (Å²) in [6.45, 7) is 6.15. The Balaban J connectivity index is 1.98. The first-order chi connectivity index (χ1) is 10.9. The van der Waals surface area contributed by atoms with E-state index in [1.54, 1.807) is 32.2 Å². The van der Waals surface area contributed by atoms with Gasteiger partial charge in [0.1, 0.15) is 12.2 Å². The van der Waals surface area contributed by atoms with Crippen molar-refractivity contribution in [3.05, 3.63) is 47.1 Å². The van der Waals surface area contributed by atoms with Crippen LogP contribution in [-0.2, 0) is 0 Å². The molecule has 0 saturated heterocycles. The molecule has 124 valence electrons. The van der Waals surface area contributed by atoms with Gasteiger partial charge in [-0.1, -0.05) is 31.1 Å². The van der Waals surface area contributed by atoms with Crippen molar-refractivity contribution in [2.45, 2.75) is 26.7 Å². The molecule has 2 rings (SSSR count). The molecule has 5 nitrogen and oxygen atoms in total. The number of rotatable bonds is 6. The van der Waals surface area contributed by atoms with Crippen LogP contribution in [0.5, 0.6) is 5.75 Å². The topological polar surface area (TPSA) is 55.6 Å².